The number of hydrogen-bond acceptors (Lipinski definition) is 3. The first-order valence-electron chi connectivity index (χ1n) is 6.26. The molecule has 16 heavy (non-hydrogen) atoms. The zero-order chi connectivity index (χ0) is 12.1. The molecule has 0 aromatic heterocycles. The Morgan fingerprint density at radius 2 is 1.94 bits per heavy atom. The van der Waals surface area contributed by atoms with E-state index in [1.54, 1.807) is 19.0 Å². The Morgan fingerprint density at radius 1 is 1.31 bits per heavy atom. The van der Waals surface area contributed by atoms with E-state index in [2.05, 4.69) is 11.8 Å². The van der Waals surface area contributed by atoms with Gasteiger partial charge >= 0.3 is 0 Å². The molecule has 0 aromatic carbocycles. The Kier molecular flexibility index (Phi) is 5.22. The standard InChI is InChI=1S/C12H25N3O/c1-4-15(9-12(16)14(2)3)11-8-6-5-7-10(11)13/h10-11H,4-9,13H2,1-3H3. The highest BCUT2D eigenvalue weighted by molar-refractivity contribution is 5.77. The van der Waals surface area contributed by atoms with E-state index < -0.39 is 0 Å². The Hall–Kier alpha value is -0.610. The molecule has 0 spiro atoms. The van der Waals surface area contributed by atoms with Gasteiger partial charge in [-0.3, -0.25) is 9.69 Å². The number of nitrogens with zero attached hydrogens (tertiary/aromatic N) is 2. The summed E-state index contributed by atoms with van der Waals surface area (Å²) in [7, 11) is 3.61. The van der Waals surface area contributed by atoms with Crippen LogP contribution in [-0.2, 0) is 4.79 Å². The number of nitrogens with two attached hydrogens (primary N) is 1. The van der Waals surface area contributed by atoms with Gasteiger partial charge in [-0.25, -0.2) is 0 Å². The minimum absolute atomic E-state index is 0.166. The fourth-order valence-corrected chi connectivity index (χ4v) is 2.37. The quantitative estimate of drug-likeness (QED) is 0.768. The molecule has 4 heteroatoms. The summed E-state index contributed by atoms with van der Waals surface area (Å²) < 4.78 is 0. The molecule has 0 radical (unpaired) electrons. The third-order valence-corrected chi connectivity index (χ3v) is 3.49. The van der Waals surface area contributed by atoms with Crippen molar-refractivity contribution in [2.24, 2.45) is 5.73 Å². The minimum Gasteiger partial charge on any atom is -0.348 e. The van der Waals surface area contributed by atoms with Crippen LogP contribution in [0.25, 0.3) is 0 Å². The molecule has 2 atom stereocenters. The van der Waals surface area contributed by atoms with E-state index in [0.29, 0.717) is 12.6 Å². The lowest BCUT2D eigenvalue weighted by Crippen LogP contribution is -2.52. The monoisotopic (exact) mass is 227 g/mol. The first-order chi connectivity index (χ1) is 7.56. The molecular formula is C12H25N3O. The van der Waals surface area contributed by atoms with E-state index in [1.165, 1.54) is 12.8 Å². The van der Waals surface area contributed by atoms with Gasteiger partial charge in [0.05, 0.1) is 6.54 Å². The SMILES string of the molecule is CCN(CC(=O)N(C)C)C1CCCCC1N. The third-order valence-electron chi connectivity index (χ3n) is 3.49. The fourth-order valence-electron chi connectivity index (χ4n) is 2.37. The number of likely N-dealkylation sites (N-methyl/N-ethyl adjacent to an activating group) is 2. The van der Waals surface area contributed by atoms with E-state index >= 15 is 0 Å². The molecule has 4 nitrogen and oxygen atoms in total. The van der Waals surface area contributed by atoms with Gasteiger partial charge in [0.2, 0.25) is 5.91 Å². The van der Waals surface area contributed by atoms with Gasteiger partial charge in [0.25, 0.3) is 0 Å². The Labute approximate surface area is 98.8 Å². The number of rotatable bonds is 4. The minimum atomic E-state index is 0.166. The predicted octanol–water partition coefficient (Wildman–Crippen LogP) is 0.666. The number of amides is 1. The van der Waals surface area contributed by atoms with Gasteiger partial charge in [-0.15, -0.1) is 0 Å². The summed E-state index contributed by atoms with van der Waals surface area (Å²) in [4.78, 5) is 15.6. The van der Waals surface area contributed by atoms with Crippen LogP contribution in [0, 0.1) is 0 Å². The summed E-state index contributed by atoms with van der Waals surface area (Å²) in [5.74, 6) is 0.166. The van der Waals surface area contributed by atoms with Gasteiger partial charge in [0.1, 0.15) is 0 Å². The van der Waals surface area contributed by atoms with Crippen molar-refractivity contribution in [1.82, 2.24) is 9.80 Å². The zero-order valence-electron chi connectivity index (χ0n) is 10.8. The molecule has 0 aliphatic heterocycles. The Bertz CT molecular complexity index is 230. The smallest absolute Gasteiger partial charge is 0.236 e. The summed E-state index contributed by atoms with van der Waals surface area (Å²) in [6.07, 6.45) is 4.70. The van der Waals surface area contributed by atoms with Gasteiger partial charge in [0, 0.05) is 26.2 Å². The van der Waals surface area contributed by atoms with Crippen LogP contribution in [0.2, 0.25) is 0 Å². The number of carbonyl (C=O) groups is 1. The predicted molar refractivity (Wildman–Crippen MR) is 66.2 cm³/mol. The van der Waals surface area contributed by atoms with Crippen LogP contribution >= 0.6 is 0 Å². The lowest BCUT2D eigenvalue weighted by atomic mass is 9.90. The first-order valence-corrected chi connectivity index (χ1v) is 6.26. The Balaban J connectivity index is 2.55. The third kappa shape index (κ3) is 3.46. The van der Waals surface area contributed by atoms with Gasteiger partial charge in [-0.05, 0) is 19.4 Å². The molecule has 1 aliphatic rings. The molecule has 1 amide bonds. The highest BCUT2D eigenvalue weighted by Gasteiger charge is 2.28. The van der Waals surface area contributed by atoms with Crippen LogP contribution in [-0.4, -0.2) is 55.0 Å². The number of carbonyl (C=O) groups excluding carboxylic acids is 1. The highest BCUT2D eigenvalue weighted by Crippen LogP contribution is 2.21. The topological polar surface area (TPSA) is 49.6 Å². The molecule has 0 bridgehead atoms. The second kappa shape index (κ2) is 6.21. The van der Waals surface area contributed by atoms with Gasteiger partial charge in [0.15, 0.2) is 0 Å². The van der Waals surface area contributed by atoms with Crippen molar-refractivity contribution < 1.29 is 4.79 Å². The number of hydrogen-bond donors (Lipinski definition) is 1. The molecule has 1 saturated carbocycles. The van der Waals surface area contributed by atoms with E-state index in [-0.39, 0.29) is 11.9 Å². The van der Waals surface area contributed by atoms with E-state index in [9.17, 15) is 4.79 Å². The van der Waals surface area contributed by atoms with Gasteiger partial charge in [-0.2, -0.15) is 0 Å². The molecular weight excluding hydrogens is 202 g/mol. The summed E-state index contributed by atoms with van der Waals surface area (Å²) in [6.45, 7) is 3.50. The largest absolute Gasteiger partial charge is 0.348 e. The lowest BCUT2D eigenvalue weighted by Gasteiger charge is -2.37. The zero-order valence-corrected chi connectivity index (χ0v) is 10.8. The van der Waals surface area contributed by atoms with E-state index in [4.69, 9.17) is 5.73 Å². The van der Waals surface area contributed by atoms with Crippen LogP contribution in [0.4, 0.5) is 0 Å². The second-order valence-electron chi connectivity index (χ2n) is 4.87. The van der Waals surface area contributed by atoms with Crippen molar-refractivity contribution in [2.45, 2.75) is 44.7 Å². The van der Waals surface area contributed by atoms with Crippen molar-refractivity contribution >= 4 is 5.91 Å². The van der Waals surface area contributed by atoms with Crippen LogP contribution in [0.5, 0.6) is 0 Å². The van der Waals surface area contributed by atoms with Crippen LogP contribution in [0.1, 0.15) is 32.6 Å². The average molecular weight is 227 g/mol. The molecule has 94 valence electrons. The maximum absolute atomic E-state index is 11.7. The van der Waals surface area contributed by atoms with E-state index in [1.807, 2.05) is 0 Å². The lowest BCUT2D eigenvalue weighted by molar-refractivity contribution is -0.130. The van der Waals surface area contributed by atoms with Gasteiger partial charge in [-0.1, -0.05) is 19.8 Å². The summed E-state index contributed by atoms with van der Waals surface area (Å²) in [5, 5.41) is 0. The molecule has 0 saturated heterocycles. The van der Waals surface area contributed by atoms with Crippen LogP contribution < -0.4 is 5.73 Å². The summed E-state index contributed by atoms with van der Waals surface area (Å²) in [5.41, 5.74) is 6.14. The summed E-state index contributed by atoms with van der Waals surface area (Å²) >= 11 is 0. The molecule has 2 unspecified atom stereocenters. The van der Waals surface area contributed by atoms with Crippen LogP contribution in [0.3, 0.4) is 0 Å². The first kappa shape index (κ1) is 13.5. The van der Waals surface area contributed by atoms with Crippen molar-refractivity contribution in [2.75, 3.05) is 27.2 Å². The van der Waals surface area contributed by atoms with Crippen molar-refractivity contribution in [1.29, 1.82) is 0 Å². The molecule has 0 heterocycles. The molecule has 1 fully saturated rings. The summed E-state index contributed by atoms with van der Waals surface area (Å²) in [6, 6.07) is 0.631. The van der Waals surface area contributed by atoms with E-state index in [0.717, 1.165) is 19.4 Å². The molecule has 0 aromatic rings. The van der Waals surface area contributed by atoms with Crippen LogP contribution in [0.15, 0.2) is 0 Å². The maximum Gasteiger partial charge on any atom is 0.236 e. The van der Waals surface area contributed by atoms with Crippen molar-refractivity contribution in [3.05, 3.63) is 0 Å². The average Bonchev–Trinajstić information content (AvgIpc) is 2.26. The maximum atomic E-state index is 11.7. The van der Waals surface area contributed by atoms with Gasteiger partial charge < -0.3 is 10.6 Å². The normalized spacial score (nSPS) is 25.8. The Morgan fingerprint density at radius 3 is 2.44 bits per heavy atom. The fraction of sp³-hybridized carbons (Fsp3) is 0.917. The van der Waals surface area contributed by atoms with Crippen molar-refractivity contribution in [3.8, 4) is 0 Å². The molecule has 1 rings (SSSR count). The second-order valence-corrected chi connectivity index (χ2v) is 4.87. The molecule has 1 aliphatic carbocycles. The van der Waals surface area contributed by atoms with Crippen molar-refractivity contribution in [3.63, 3.8) is 0 Å². The highest BCUT2D eigenvalue weighted by atomic mass is 16.2. The molecule has 2 N–H and O–H groups in total.